The van der Waals surface area contributed by atoms with Crippen molar-refractivity contribution in [2.24, 2.45) is 0 Å². The number of methoxy groups -OCH3 is 1. The number of hydrogen-bond donors (Lipinski definition) is 1. The smallest absolute Gasteiger partial charge is 0.135 e. The first-order valence-corrected chi connectivity index (χ1v) is 5.76. The Bertz CT molecular complexity index is 408. The molecule has 0 amide bonds. The maximum absolute atomic E-state index is 13.2. The van der Waals surface area contributed by atoms with E-state index in [9.17, 15) is 9.50 Å². The first-order valence-electron chi connectivity index (χ1n) is 5.76. The second-order valence-corrected chi connectivity index (χ2v) is 4.47. The summed E-state index contributed by atoms with van der Waals surface area (Å²) in [7, 11) is 1.59. The second-order valence-electron chi connectivity index (χ2n) is 4.47. The highest BCUT2D eigenvalue weighted by atomic mass is 19.1. The lowest BCUT2D eigenvalue weighted by Gasteiger charge is -2.39. The molecule has 0 aromatic heterocycles. The number of hydrogen-bond acceptors (Lipinski definition) is 3. The van der Waals surface area contributed by atoms with Gasteiger partial charge in [0.25, 0.3) is 0 Å². The molecule has 0 spiro atoms. The molecule has 2 unspecified atom stereocenters. The molecule has 0 radical (unpaired) electrons. The predicted octanol–water partition coefficient (Wildman–Crippen LogP) is 2.44. The molecule has 0 saturated carbocycles. The van der Waals surface area contributed by atoms with Gasteiger partial charge in [-0.25, -0.2) is 4.39 Å². The van der Waals surface area contributed by atoms with Gasteiger partial charge in [-0.2, -0.15) is 0 Å². The van der Waals surface area contributed by atoms with E-state index in [1.807, 2.05) is 6.92 Å². The van der Waals surface area contributed by atoms with E-state index in [1.165, 1.54) is 12.1 Å². The fraction of sp³-hybridized carbons (Fsp3) is 0.538. The fourth-order valence-corrected chi connectivity index (χ4v) is 2.28. The molecule has 17 heavy (non-hydrogen) atoms. The molecule has 3 nitrogen and oxygen atoms in total. The van der Waals surface area contributed by atoms with Crippen molar-refractivity contribution in [1.29, 1.82) is 0 Å². The van der Waals surface area contributed by atoms with Crippen LogP contribution in [0.1, 0.15) is 31.4 Å². The molecule has 1 heterocycles. The molecule has 1 N–H and O–H groups in total. The van der Waals surface area contributed by atoms with Crippen LogP contribution < -0.4 is 4.74 Å². The minimum absolute atomic E-state index is 0.361. The van der Waals surface area contributed by atoms with Crippen LogP contribution in [-0.4, -0.2) is 24.4 Å². The molecule has 0 aliphatic carbocycles. The Morgan fingerprint density at radius 1 is 1.59 bits per heavy atom. The fourth-order valence-electron chi connectivity index (χ4n) is 2.28. The summed E-state index contributed by atoms with van der Waals surface area (Å²) in [6.07, 6.45) is 0.540. The minimum Gasteiger partial charge on any atom is -0.484 e. The van der Waals surface area contributed by atoms with Crippen LogP contribution in [0.5, 0.6) is 5.75 Å². The van der Waals surface area contributed by atoms with Crippen LogP contribution in [0, 0.1) is 5.82 Å². The molecular formula is C13H17FO3. The van der Waals surface area contributed by atoms with Crippen LogP contribution in [0.4, 0.5) is 4.39 Å². The van der Waals surface area contributed by atoms with Gasteiger partial charge >= 0.3 is 0 Å². The zero-order valence-electron chi connectivity index (χ0n) is 10.1. The summed E-state index contributed by atoms with van der Waals surface area (Å²) in [6.45, 7) is 2.35. The average Bonchev–Trinajstić information content (AvgIpc) is 2.28. The van der Waals surface area contributed by atoms with E-state index in [2.05, 4.69) is 0 Å². The van der Waals surface area contributed by atoms with Gasteiger partial charge in [-0.05, 0) is 18.6 Å². The third-order valence-electron chi connectivity index (χ3n) is 3.28. The first-order chi connectivity index (χ1) is 8.10. The SMILES string of the molecule is CCC1(COC)CC(O)c2ccc(F)cc2O1. The summed E-state index contributed by atoms with van der Waals surface area (Å²) >= 11 is 0. The average molecular weight is 240 g/mol. The summed E-state index contributed by atoms with van der Waals surface area (Å²) in [5.41, 5.74) is 0.0844. The van der Waals surface area contributed by atoms with Gasteiger partial charge in [0.2, 0.25) is 0 Å². The molecule has 1 aromatic rings. The van der Waals surface area contributed by atoms with Gasteiger partial charge in [-0.15, -0.1) is 0 Å². The highest BCUT2D eigenvalue weighted by Crippen LogP contribution is 2.41. The quantitative estimate of drug-likeness (QED) is 0.882. The van der Waals surface area contributed by atoms with Gasteiger partial charge in [0.15, 0.2) is 0 Å². The van der Waals surface area contributed by atoms with Crippen LogP contribution in [0.3, 0.4) is 0 Å². The van der Waals surface area contributed by atoms with Gasteiger partial charge in [0.1, 0.15) is 17.2 Å². The lowest BCUT2D eigenvalue weighted by Crippen LogP contribution is -2.44. The number of rotatable bonds is 3. The molecule has 1 aliphatic rings. The lowest BCUT2D eigenvalue weighted by atomic mass is 9.87. The van der Waals surface area contributed by atoms with Crippen molar-refractivity contribution >= 4 is 0 Å². The van der Waals surface area contributed by atoms with E-state index in [-0.39, 0.29) is 5.82 Å². The van der Waals surface area contributed by atoms with Gasteiger partial charge in [-0.1, -0.05) is 6.92 Å². The number of halogens is 1. The van der Waals surface area contributed by atoms with Crippen LogP contribution in [-0.2, 0) is 4.74 Å². The van der Waals surface area contributed by atoms with Gasteiger partial charge in [-0.3, -0.25) is 0 Å². The second kappa shape index (κ2) is 4.63. The maximum atomic E-state index is 13.2. The Labute approximate surface area is 100 Å². The maximum Gasteiger partial charge on any atom is 0.135 e. The normalized spacial score (nSPS) is 27.4. The Balaban J connectivity index is 2.36. The van der Waals surface area contributed by atoms with E-state index in [0.717, 1.165) is 0 Å². The Hall–Kier alpha value is -1.13. The number of ether oxygens (including phenoxy) is 2. The number of benzene rings is 1. The van der Waals surface area contributed by atoms with Crippen molar-refractivity contribution in [2.75, 3.05) is 13.7 Å². The molecule has 2 rings (SSSR count). The number of aliphatic hydroxyl groups is 1. The van der Waals surface area contributed by atoms with Gasteiger partial charge < -0.3 is 14.6 Å². The van der Waals surface area contributed by atoms with Crippen molar-refractivity contribution in [3.8, 4) is 5.75 Å². The third kappa shape index (κ3) is 2.28. The molecule has 2 atom stereocenters. The molecule has 0 fully saturated rings. The van der Waals surface area contributed by atoms with Crippen molar-refractivity contribution in [1.82, 2.24) is 0 Å². The van der Waals surface area contributed by atoms with E-state index < -0.39 is 11.7 Å². The molecule has 1 aromatic carbocycles. The summed E-state index contributed by atoms with van der Waals surface area (Å²) in [4.78, 5) is 0. The van der Waals surface area contributed by atoms with Crippen LogP contribution in [0.15, 0.2) is 18.2 Å². The summed E-state index contributed by atoms with van der Waals surface area (Å²) in [6, 6.07) is 4.22. The monoisotopic (exact) mass is 240 g/mol. The van der Waals surface area contributed by atoms with Gasteiger partial charge in [0.05, 0.1) is 12.7 Å². The zero-order valence-corrected chi connectivity index (χ0v) is 10.1. The zero-order chi connectivity index (χ0) is 12.5. The predicted molar refractivity (Wildman–Crippen MR) is 61.5 cm³/mol. The van der Waals surface area contributed by atoms with Crippen molar-refractivity contribution in [3.05, 3.63) is 29.6 Å². The van der Waals surface area contributed by atoms with Crippen molar-refractivity contribution in [3.63, 3.8) is 0 Å². The summed E-state index contributed by atoms with van der Waals surface area (Å²) < 4.78 is 24.1. The Morgan fingerprint density at radius 2 is 2.35 bits per heavy atom. The van der Waals surface area contributed by atoms with E-state index in [0.29, 0.717) is 30.8 Å². The Kier molecular flexibility index (Phi) is 3.35. The molecule has 0 saturated heterocycles. The lowest BCUT2D eigenvalue weighted by molar-refractivity contribution is -0.0628. The molecule has 0 bridgehead atoms. The third-order valence-corrected chi connectivity index (χ3v) is 3.28. The summed E-state index contributed by atoms with van der Waals surface area (Å²) in [5.74, 6) is 0.0583. The standard InChI is InChI=1S/C13H17FO3/c1-3-13(8-16-2)7-11(15)10-5-4-9(14)6-12(10)17-13/h4-6,11,15H,3,7-8H2,1-2H3. The Morgan fingerprint density at radius 3 is 3.00 bits per heavy atom. The highest BCUT2D eigenvalue weighted by molar-refractivity contribution is 5.38. The van der Waals surface area contributed by atoms with Crippen LogP contribution in [0.25, 0.3) is 0 Å². The summed E-state index contributed by atoms with van der Waals surface area (Å²) in [5, 5.41) is 10.1. The van der Waals surface area contributed by atoms with E-state index in [4.69, 9.17) is 9.47 Å². The van der Waals surface area contributed by atoms with Gasteiger partial charge in [0, 0.05) is 25.2 Å². The molecular weight excluding hydrogens is 223 g/mol. The largest absolute Gasteiger partial charge is 0.484 e. The molecule has 4 heteroatoms. The molecule has 94 valence electrons. The number of fused-ring (bicyclic) bond motifs is 1. The van der Waals surface area contributed by atoms with E-state index >= 15 is 0 Å². The first kappa shape index (κ1) is 12.3. The number of aliphatic hydroxyl groups excluding tert-OH is 1. The van der Waals surface area contributed by atoms with E-state index in [1.54, 1.807) is 13.2 Å². The van der Waals surface area contributed by atoms with Crippen molar-refractivity contribution in [2.45, 2.75) is 31.5 Å². The minimum atomic E-state index is -0.630. The van der Waals surface area contributed by atoms with Crippen LogP contribution in [0.2, 0.25) is 0 Å². The highest BCUT2D eigenvalue weighted by Gasteiger charge is 2.39. The van der Waals surface area contributed by atoms with Crippen LogP contribution >= 0.6 is 0 Å². The van der Waals surface area contributed by atoms with Crippen molar-refractivity contribution < 1.29 is 19.0 Å². The topological polar surface area (TPSA) is 38.7 Å². The molecule has 1 aliphatic heterocycles.